The number of allylic oxidation sites excluding steroid dienone is 1. The van der Waals surface area contributed by atoms with Crippen LogP contribution in [0.25, 0.3) is 6.08 Å². The second kappa shape index (κ2) is 7.17. The van der Waals surface area contributed by atoms with Crippen molar-refractivity contribution in [2.45, 2.75) is 13.8 Å². The molecule has 0 bridgehead atoms. The van der Waals surface area contributed by atoms with Gasteiger partial charge in [-0.2, -0.15) is 0 Å². The average molecular weight is 339 g/mol. The molecular weight excluding hydrogens is 322 g/mol. The van der Waals surface area contributed by atoms with Crippen LogP contribution in [-0.2, 0) is 9.53 Å². The number of Topliss-reactive ketones (excluding diaryl/α,β-unsaturated/α-hetero) is 1. The van der Waals surface area contributed by atoms with Gasteiger partial charge in [0.15, 0.2) is 12.4 Å². The first-order valence-corrected chi connectivity index (χ1v) is 7.86. The van der Waals surface area contributed by atoms with Crippen LogP contribution < -0.4 is 9.47 Å². The first-order valence-electron chi connectivity index (χ1n) is 7.86. The normalized spacial score (nSPS) is 14.2. The van der Waals surface area contributed by atoms with Gasteiger partial charge in [0.05, 0.1) is 12.2 Å². The van der Waals surface area contributed by atoms with Crippen molar-refractivity contribution < 1.29 is 23.8 Å². The Morgan fingerprint density at radius 2 is 2.00 bits per heavy atom. The monoisotopic (exact) mass is 339 g/mol. The molecule has 0 saturated heterocycles. The number of carbonyl (C=O) groups is 2. The molecule has 2 heterocycles. The van der Waals surface area contributed by atoms with E-state index < -0.39 is 5.97 Å². The van der Waals surface area contributed by atoms with Gasteiger partial charge >= 0.3 is 5.97 Å². The van der Waals surface area contributed by atoms with Gasteiger partial charge in [-0.05, 0) is 49.8 Å². The van der Waals surface area contributed by atoms with Crippen LogP contribution in [0.15, 0.2) is 42.4 Å². The number of nitrogens with zero attached hydrogens (tertiary/aromatic N) is 1. The predicted octanol–water partition coefficient (Wildman–Crippen LogP) is 2.95. The van der Waals surface area contributed by atoms with E-state index in [9.17, 15) is 9.59 Å². The zero-order valence-corrected chi connectivity index (χ0v) is 13.9. The minimum atomic E-state index is -0.447. The number of carbonyl (C=O) groups excluding carboxylic acids is 2. The van der Waals surface area contributed by atoms with Crippen molar-refractivity contribution in [2.75, 3.05) is 13.2 Å². The summed E-state index contributed by atoms with van der Waals surface area (Å²) >= 11 is 0. The van der Waals surface area contributed by atoms with Crippen molar-refractivity contribution in [3.05, 3.63) is 59.1 Å². The number of esters is 1. The molecule has 25 heavy (non-hydrogen) atoms. The van der Waals surface area contributed by atoms with Crippen LogP contribution in [0.2, 0.25) is 0 Å². The maximum Gasteiger partial charge on any atom is 0.344 e. The van der Waals surface area contributed by atoms with Crippen molar-refractivity contribution in [1.29, 1.82) is 0 Å². The van der Waals surface area contributed by atoms with Gasteiger partial charge in [-0.3, -0.25) is 9.78 Å². The molecule has 6 heteroatoms. The van der Waals surface area contributed by atoms with Crippen LogP contribution in [0.1, 0.15) is 28.4 Å². The van der Waals surface area contributed by atoms with E-state index in [1.165, 1.54) is 0 Å². The minimum absolute atomic E-state index is 0.188. The number of hydrogen-bond donors (Lipinski definition) is 0. The molecule has 0 N–H and O–H groups in total. The second-order valence-electron chi connectivity index (χ2n) is 5.38. The second-order valence-corrected chi connectivity index (χ2v) is 5.38. The fraction of sp³-hybridized carbons (Fsp3) is 0.211. The van der Waals surface area contributed by atoms with Crippen molar-refractivity contribution in [2.24, 2.45) is 0 Å². The molecule has 0 radical (unpaired) electrons. The molecule has 128 valence electrons. The predicted molar refractivity (Wildman–Crippen MR) is 90.5 cm³/mol. The molecular formula is C19H17NO5. The molecule has 0 saturated carbocycles. The van der Waals surface area contributed by atoms with Crippen LogP contribution in [0, 0.1) is 6.92 Å². The lowest BCUT2D eigenvalue weighted by atomic mass is 10.1. The standard InChI is InChI=1S/C19H17NO5/c1-3-23-17(21)11-24-15-5-4-14-18(22)16(25-19(14)12(15)2)10-13-6-8-20-9-7-13/h4-10H,3,11H2,1-2H3/b16-10-. The fourth-order valence-corrected chi connectivity index (χ4v) is 2.47. The third kappa shape index (κ3) is 3.52. The molecule has 0 aliphatic carbocycles. The van der Waals surface area contributed by atoms with Gasteiger partial charge in [-0.15, -0.1) is 0 Å². The molecule has 0 atom stereocenters. The lowest BCUT2D eigenvalue weighted by molar-refractivity contribution is -0.145. The van der Waals surface area contributed by atoms with Crippen LogP contribution in [0.3, 0.4) is 0 Å². The Bertz CT molecular complexity index is 842. The lowest BCUT2D eigenvalue weighted by Gasteiger charge is -2.10. The van der Waals surface area contributed by atoms with E-state index in [-0.39, 0.29) is 18.1 Å². The topological polar surface area (TPSA) is 74.7 Å². The first kappa shape index (κ1) is 16.7. The van der Waals surface area contributed by atoms with Gasteiger partial charge in [-0.25, -0.2) is 4.79 Å². The molecule has 1 aliphatic heterocycles. The number of ketones is 1. The molecule has 1 aromatic heterocycles. The lowest BCUT2D eigenvalue weighted by Crippen LogP contribution is -2.15. The molecule has 1 aromatic carbocycles. The Morgan fingerprint density at radius 3 is 2.72 bits per heavy atom. The number of aromatic nitrogens is 1. The summed E-state index contributed by atoms with van der Waals surface area (Å²) in [6, 6.07) is 6.86. The van der Waals surface area contributed by atoms with E-state index in [1.807, 2.05) is 0 Å². The Hall–Kier alpha value is -3.15. The molecule has 1 aliphatic rings. The Balaban J connectivity index is 1.82. The number of benzene rings is 1. The molecule has 0 unspecified atom stereocenters. The van der Waals surface area contributed by atoms with Crippen molar-refractivity contribution >= 4 is 17.8 Å². The highest BCUT2D eigenvalue weighted by atomic mass is 16.6. The third-order valence-electron chi connectivity index (χ3n) is 3.69. The van der Waals surface area contributed by atoms with Crippen molar-refractivity contribution in [3.63, 3.8) is 0 Å². The molecule has 3 rings (SSSR count). The summed E-state index contributed by atoms with van der Waals surface area (Å²) in [4.78, 5) is 27.9. The summed E-state index contributed by atoms with van der Waals surface area (Å²) in [7, 11) is 0. The SMILES string of the molecule is CCOC(=O)COc1ccc2c(c1C)O/C(=C\c1ccncc1)C2=O. The Morgan fingerprint density at radius 1 is 1.24 bits per heavy atom. The summed E-state index contributed by atoms with van der Waals surface area (Å²) in [6.45, 7) is 3.61. The van der Waals surface area contributed by atoms with E-state index >= 15 is 0 Å². The highest BCUT2D eigenvalue weighted by Crippen LogP contribution is 2.39. The largest absolute Gasteiger partial charge is 0.481 e. The smallest absolute Gasteiger partial charge is 0.344 e. The van der Waals surface area contributed by atoms with Gasteiger partial charge in [0.25, 0.3) is 0 Å². The maximum atomic E-state index is 12.5. The van der Waals surface area contributed by atoms with E-state index in [4.69, 9.17) is 14.2 Å². The van der Waals surface area contributed by atoms with E-state index in [1.54, 1.807) is 56.6 Å². The van der Waals surface area contributed by atoms with Gasteiger partial charge in [0.2, 0.25) is 5.78 Å². The molecule has 0 amide bonds. The van der Waals surface area contributed by atoms with E-state index in [0.717, 1.165) is 5.56 Å². The molecule has 2 aromatic rings. The van der Waals surface area contributed by atoms with Crippen molar-refractivity contribution in [1.82, 2.24) is 4.98 Å². The summed E-state index contributed by atoms with van der Waals surface area (Å²) in [6.07, 6.45) is 4.96. The highest BCUT2D eigenvalue weighted by molar-refractivity contribution is 6.14. The zero-order chi connectivity index (χ0) is 17.8. The number of hydrogen-bond acceptors (Lipinski definition) is 6. The van der Waals surface area contributed by atoms with E-state index in [2.05, 4.69) is 4.98 Å². The zero-order valence-electron chi connectivity index (χ0n) is 13.9. The van der Waals surface area contributed by atoms with Crippen LogP contribution >= 0.6 is 0 Å². The average Bonchev–Trinajstić information content (AvgIpc) is 2.93. The number of fused-ring (bicyclic) bond motifs is 1. The quantitative estimate of drug-likeness (QED) is 0.616. The number of rotatable bonds is 5. The van der Waals surface area contributed by atoms with Crippen LogP contribution in [-0.4, -0.2) is 30.0 Å². The van der Waals surface area contributed by atoms with Gasteiger partial charge in [-0.1, -0.05) is 0 Å². The molecule has 6 nitrogen and oxygen atoms in total. The molecule has 0 fully saturated rings. The summed E-state index contributed by atoms with van der Waals surface area (Å²) in [5, 5.41) is 0. The minimum Gasteiger partial charge on any atom is -0.481 e. The van der Waals surface area contributed by atoms with Crippen molar-refractivity contribution in [3.8, 4) is 11.5 Å². The number of pyridine rings is 1. The Kier molecular flexibility index (Phi) is 4.79. The summed E-state index contributed by atoms with van der Waals surface area (Å²) < 4.78 is 16.0. The highest BCUT2D eigenvalue weighted by Gasteiger charge is 2.30. The van der Waals surface area contributed by atoms with Gasteiger partial charge < -0.3 is 14.2 Å². The third-order valence-corrected chi connectivity index (χ3v) is 3.69. The number of ether oxygens (including phenoxy) is 3. The Labute approximate surface area is 145 Å². The fourth-order valence-electron chi connectivity index (χ4n) is 2.47. The van der Waals surface area contributed by atoms with Crippen LogP contribution in [0.4, 0.5) is 0 Å². The van der Waals surface area contributed by atoms with Gasteiger partial charge in [0.1, 0.15) is 11.5 Å². The molecule has 0 spiro atoms. The summed E-state index contributed by atoms with van der Waals surface area (Å²) in [5.41, 5.74) is 1.96. The summed E-state index contributed by atoms with van der Waals surface area (Å²) in [5.74, 6) is 0.535. The maximum absolute atomic E-state index is 12.5. The van der Waals surface area contributed by atoms with Gasteiger partial charge in [0, 0.05) is 18.0 Å². The van der Waals surface area contributed by atoms with Crippen LogP contribution in [0.5, 0.6) is 11.5 Å². The van der Waals surface area contributed by atoms with E-state index in [0.29, 0.717) is 29.2 Å². The first-order chi connectivity index (χ1) is 12.1.